The molecule has 0 bridgehead atoms. The van der Waals surface area contributed by atoms with Gasteiger partial charge in [-0.3, -0.25) is 0 Å². The van der Waals surface area contributed by atoms with Crippen molar-refractivity contribution >= 4 is 0 Å². The summed E-state index contributed by atoms with van der Waals surface area (Å²) in [4.78, 5) is 3.88. The third-order valence-corrected chi connectivity index (χ3v) is 3.17. The fourth-order valence-corrected chi connectivity index (χ4v) is 2.25. The van der Waals surface area contributed by atoms with E-state index in [1.165, 1.54) is 12.0 Å². The predicted octanol–water partition coefficient (Wildman–Crippen LogP) is 2.02. The Labute approximate surface area is 104 Å². The first kappa shape index (κ1) is 11.2. The minimum Gasteiger partial charge on any atom is -0.485 e. The summed E-state index contributed by atoms with van der Waals surface area (Å²) < 4.78 is 10.2. The number of aryl methyl sites for hydroxylation is 1. The van der Waals surface area contributed by atoms with Crippen molar-refractivity contribution in [1.29, 1.82) is 0 Å². The maximum absolute atomic E-state index is 9.94. The standard InChI is InChI=1S/C13H14N2O3/c16-12-3-1-2-9-4-5-10(6-11(9)12)17-7-13-14-8-18-15-13/h4-6,8,12,16H,1-3,7H2. The van der Waals surface area contributed by atoms with Crippen molar-refractivity contribution in [1.82, 2.24) is 10.1 Å². The fourth-order valence-electron chi connectivity index (χ4n) is 2.25. The Morgan fingerprint density at radius 2 is 2.39 bits per heavy atom. The monoisotopic (exact) mass is 246 g/mol. The van der Waals surface area contributed by atoms with Crippen molar-refractivity contribution in [2.24, 2.45) is 0 Å². The second-order valence-electron chi connectivity index (χ2n) is 4.40. The highest BCUT2D eigenvalue weighted by atomic mass is 16.5. The summed E-state index contributed by atoms with van der Waals surface area (Å²) in [6.07, 6.45) is 3.79. The maximum Gasteiger partial charge on any atom is 0.213 e. The summed E-state index contributed by atoms with van der Waals surface area (Å²) in [6.45, 7) is 0.269. The molecule has 5 heteroatoms. The zero-order chi connectivity index (χ0) is 12.4. The van der Waals surface area contributed by atoms with Gasteiger partial charge in [0.2, 0.25) is 12.2 Å². The second-order valence-corrected chi connectivity index (χ2v) is 4.40. The molecule has 1 aliphatic carbocycles. The van der Waals surface area contributed by atoms with Crippen LogP contribution in [0.5, 0.6) is 5.75 Å². The lowest BCUT2D eigenvalue weighted by molar-refractivity contribution is 0.156. The van der Waals surface area contributed by atoms with Crippen LogP contribution in [0.2, 0.25) is 0 Å². The van der Waals surface area contributed by atoms with Gasteiger partial charge in [0.15, 0.2) is 6.61 Å². The Kier molecular flexibility index (Phi) is 2.98. The lowest BCUT2D eigenvalue weighted by Gasteiger charge is -2.21. The number of benzene rings is 1. The van der Waals surface area contributed by atoms with Crippen LogP contribution in [0.25, 0.3) is 0 Å². The number of aromatic nitrogens is 2. The Hall–Kier alpha value is -1.88. The van der Waals surface area contributed by atoms with E-state index >= 15 is 0 Å². The molecule has 0 radical (unpaired) electrons. The molecule has 94 valence electrons. The van der Waals surface area contributed by atoms with Crippen LogP contribution >= 0.6 is 0 Å². The number of rotatable bonds is 3. The van der Waals surface area contributed by atoms with Crippen LogP contribution in [0.15, 0.2) is 29.1 Å². The molecule has 18 heavy (non-hydrogen) atoms. The van der Waals surface area contributed by atoms with Crippen molar-refractivity contribution < 1.29 is 14.4 Å². The second kappa shape index (κ2) is 4.78. The minimum absolute atomic E-state index is 0.269. The summed E-state index contributed by atoms with van der Waals surface area (Å²) in [5.74, 6) is 1.23. The normalized spacial score (nSPS) is 18.4. The van der Waals surface area contributed by atoms with Gasteiger partial charge in [0, 0.05) is 0 Å². The van der Waals surface area contributed by atoms with Gasteiger partial charge in [0.1, 0.15) is 5.75 Å². The van der Waals surface area contributed by atoms with Gasteiger partial charge in [-0.1, -0.05) is 11.2 Å². The molecule has 0 saturated heterocycles. The molecule has 1 aliphatic rings. The Balaban J connectivity index is 1.75. The van der Waals surface area contributed by atoms with Crippen LogP contribution in [0.4, 0.5) is 0 Å². The van der Waals surface area contributed by atoms with Gasteiger partial charge in [0.05, 0.1) is 6.10 Å². The zero-order valence-corrected chi connectivity index (χ0v) is 9.87. The third kappa shape index (κ3) is 2.22. The Bertz CT molecular complexity index is 525. The molecule has 0 fully saturated rings. The molecule has 1 aromatic heterocycles. The van der Waals surface area contributed by atoms with Crippen LogP contribution in [-0.4, -0.2) is 15.2 Å². The number of ether oxygens (including phenoxy) is 1. The van der Waals surface area contributed by atoms with E-state index < -0.39 is 0 Å². The van der Waals surface area contributed by atoms with Crippen LogP contribution in [0.3, 0.4) is 0 Å². The number of hydrogen-bond donors (Lipinski definition) is 1. The van der Waals surface area contributed by atoms with Crippen molar-refractivity contribution in [2.75, 3.05) is 0 Å². The van der Waals surface area contributed by atoms with Gasteiger partial charge in [-0.05, 0) is 42.5 Å². The molecule has 1 N–H and O–H groups in total. The van der Waals surface area contributed by atoms with Gasteiger partial charge in [0.25, 0.3) is 0 Å². The highest BCUT2D eigenvalue weighted by molar-refractivity contribution is 5.38. The molecule has 3 rings (SSSR count). The van der Waals surface area contributed by atoms with Gasteiger partial charge in [-0.25, -0.2) is 0 Å². The number of fused-ring (bicyclic) bond motifs is 1. The lowest BCUT2D eigenvalue weighted by Crippen LogP contribution is -2.09. The molecule has 1 aromatic carbocycles. The van der Waals surface area contributed by atoms with Gasteiger partial charge in [-0.2, -0.15) is 4.98 Å². The van der Waals surface area contributed by atoms with Gasteiger partial charge >= 0.3 is 0 Å². The van der Waals surface area contributed by atoms with Crippen LogP contribution in [0.1, 0.15) is 35.9 Å². The lowest BCUT2D eigenvalue weighted by atomic mass is 9.89. The van der Waals surface area contributed by atoms with Crippen LogP contribution in [-0.2, 0) is 13.0 Å². The van der Waals surface area contributed by atoms with E-state index in [1.807, 2.05) is 18.2 Å². The predicted molar refractivity (Wildman–Crippen MR) is 63.0 cm³/mol. The van der Waals surface area contributed by atoms with Crippen LogP contribution in [0, 0.1) is 0 Å². The first-order valence-corrected chi connectivity index (χ1v) is 6.02. The number of aliphatic hydroxyl groups excluding tert-OH is 1. The van der Waals surface area contributed by atoms with E-state index in [4.69, 9.17) is 4.74 Å². The topological polar surface area (TPSA) is 68.4 Å². The quantitative estimate of drug-likeness (QED) is 0.897. The molecular weight excluding hydrogens is 232 g/mol. The molecule has 5 nitrogen and oxygen atoms in total. The van der Waals surface area contributed by atoms with Crippen LogP contribution < -0.4 is 4.74 Å². The average molecular weight is 246 g/mol. The maximum atomic E-state index is 9.94. The summed E-state index contributed by atoms with van der Waals surface area (Å²) >= 11 is 0. The summed E-state index contributed by atoms with van der Waals surface area (Å²) in [7, 11) is 0. The molecular formula is C13H14N2O3. The first-order chi connectivity index (χ1) is 8.83. The van der Waals surface area contributed by atoms with E-state index in [1.54, 1.807) is 0 Å². The average Bonchev–Trinajstić information content (AvgIpc) is 2.90. The van der Waals surface area contributed by atoms with E-state index in [2.05, 4.69) is 14.7 Å². The number of nitrogens with zero attached hydrogens (tertiary/aromatic N) is 2. The summed E-state index contributed by atoms with van der Waals surface area (Å²) in [5, 5.41) is 13.6. The van der Waals surface area contributed by atoms with E-state index in [0.29, 0.717) is 5.82 Å². The highest BCUT2D eigenvalue weighted by Gasteiger charge is 2.18. The molecule has 0 amide bonds. The Morgan fingerprint density at radius 1 is 1.44 bits per heavy atom. The summed E-state index contributed by atoms with van der Waals surface area (Å²) in [6, 6.07) is 5.83. The first-order valence-electron chi connectivity index (χ1n) is 6.02. The number of hydrogen-bond acceptors (Lipinski definition) is 5. The van der Waals surface area contributed by atoms with Crippen molar-refractivity contribution in [3.05, 3.63) is 41.5 Å². The van der Waals surface area contributed by atoms with E-state index in [0.717, 1.165) is 30.6 Å². The molecule has 2 aromatic rings. The molecule has 0 aliphatic heterocycles. The van der Waals surface area contributed by atoms with Crippen molar-refractivity contribution in [2.45, 2.75) is 32.0 Å². The zero-order valence-electron chi connectivity index (χ0n) is 9.87. The molecule has 1 heterocycles. The van der Waals surface area contributed by atoms with Crippen molar-refractivity contribution in [3.63, 3.8) is 0 Å². The Morgan fingerprint density at radius 3 is 3.22 bits per heavy atom. The largest absolute Gasteiger partial charge is 0.485 e. The molecule has 0 spiro atoms. The van der Waals surface area contributed by atoms with E-state index in [-0.39, 0.29) is 12.7 Å². The SMILES string of the molecule is OC1CCCc2ccc(OCc3ncon3)cc21. The summed E-state index contributed by atoms with van der Waals surface area (Å²) in [5.41, 5.74) is 2.19. The minimum atomic E-state index is -0.373. The molecule has 1 unspecified atom stereocenters. The molecule has 0 saturated carbocycles. The third-order valence-electron chi connectivity index (χ3n) is 3.17. The number of aliphatic hydroxyl groups is 1. The van der Waals surface area contributed by atoms with Gasteiger partial charge in [-0.15, -0.1) is 0 Å². The van der Waals surface area contributed by atoms with Crippen molar-refractivity contribution in [3.8, 4) is 5.75 Å². The van der Waals surface area contributed by atoms with Gasteiger partial charge < -0.3 is 14.4 Å². The molecule has 1 atom stereocenters. The van der Waals surface area contributed by atoms with E-state index in [9.17, 15) is 5.11 Å². The fraction of sp³-hybridized carbons (Fsp3) is 0.385. The smallest absolute Gasteiger partial charge is 0.213 e. The highest BCUT2D eigenvalue weighted by Crippen LogP contribution is 2.32.